The van der Waals surface area contributed by atoms with Crippen LogP contribution in [0.5, 0.6) is 0 Å². The Morgan fingerprint density at radius 3 is 1.11 bits per heavy atom. The quantitative estimate of drug-likeness (QED) is 0.278. The molecule has 0 aliphatic heterocycles. The van der Waals surface area contributed by atoms with Crippen molar-refractivity contribution in [1.29, 1.82) is 0 Å². The molecule has 0 fully saturated rings. The molecule has 1 rings (SSSR count). The van der Waals surface area contributed by atoms with Crippen LogP contribution in [0.4, 0.5) is 0 Å². The van der Waals surface area contributed by atoms with Crippen molar-refractivity contribution in [2.24, 2.45) is 11.8 Å². The highest BCUT2D eigenvalue weighted by Gasteiger charge is 2.25. The number of carbonyl (C=O) groups is 4. The van der Waals surface area contributed by atoms with Crippen molar-refractivity contribution in [3.05, 3.63) is 35.4 Å². The lowest BCUT2D eigenvalue weighted by molar-refractivity contribution is -0.156. The molecule has 0 unspecified atom stereocenters. The molecule has 0 spiro atoms. The van der Waals surface area contributed by atoms with Crippen molar-refractivity contribution in [2.75, 3.05) is 0 Å². The first-order valence-electron chi connectivity index (χ1n) is 9.21. The molecule has 1 aromatic carbocycles. The van der Waals surface area contributed by atoms with Crippen LogP contribution >= 0.6 is 0 Å². The number of unbranched alkanes of at least 4 members (excludes halogenated alkanes) is 2. The molecule has 0 radical (unpaired) electrons. The van der Waals surface area contributed by atoms with Crippen LogP contribution in [-0.4, -0.2) is 44.3 Å². The van der Waals surface area contributed by atoms with Crippen molar-refractivity contribution >= 4 is 23.9 Å². The summed E-state index contributed by atoms with van der Waals surface area (Å²) < 4.78 is 0. The molecule has 0 aliphatic rings. The van der Waals surface area contributed by atoms with Gasteiger partial charge >= 0.3 is 23.9 Å². The molecule has 0 aromatic heterocycles. The van der Waals surface area contributed by atoms with Gasteiger partial charge in [0.05, 0.1) is 0 Å². The maximum absolute atomic E-state index is 10.8. The lowest BCUT2D eigenvalue weighted by Gasteiger charge is -2.08. The summed E-state index contributed by atoms with van der Waals surface area (Å²) in [5.41, 5.74) is 2.14. The maximum Gasteiger partial charge on any atom is 0.317 e. The molecule has 154 valence electrons. The van der Waals surface area contributed by atoms with Crippen LogP contribution in [-0.2, 0) is 32.0 Å². The van der Waals surface area contributed by atoms with Gasteiger partial charge in [0.15, 0.2) is 11.8 Å². The number of hydrogen-bond acceptors (Lipinski definition) is 4. The zero-order chi connectivity index (χ0) is 21.1. The molecule has 0 aliphatic carbocycles. The van der Waals surface area contributed by atoms with Crippen LogP contribution in [0.3, 0.4) is 0 Å². The van der Waals surface area contributed by atoms with Gasteiger partial charge in [-0.15, -0.1) is 0 Å². The normalized spacial score (nSPS) is 10.9. The lowest BCUT2D eigenvalue weighted by Crippen LogP contribution is -2.23. The SMILES string of the molecule is O=C(O)C(CCCCc1ccc(CCCCC(C(=O)O)C(=O)O)cc1)C(=O)O. The molecule has 1 aromatic rings. The van der Waals surface area contributed by atoms with Gasteiger partial charge in [0.25, 0.3) is 0 Å². The van der Waals surface area contributed by atoms with Gasteiger partial charge in [0.1, 0.15) is 0 Å². The Bertz CT molecular complexity index is 593. The van der Waals surface area contributed by atoms with Gasteiger partial charge < -0.3 is 20.4 Å². The average Bonchev–Trinajstić information content (AvgIpc) is 2.61. The first kappa shape index (κ1) is 23.1. The maximum atomic E-state index is 10.8. The molecule has 8 heteroatoms. The van der Waals surface area contributed by atoms with Crippen LogP contribution in [0.25, 0.3) is 0 Å². The lowest BCUT2D eigenvalue weighted by atomic mass is 9.97. The molecule has 0 heterocycles. The zero-order valence-electron chi connectivity index (χ0n) is 15.5. The van der Waals surface area contributed by atoms with Gasteiger partial charge in [0.2, 0.25) is 0 Å². The van der Waals surface area contributed by atoms with Crippen LogP contribution in [0, 0.1) is 11.8 Å². The van der Waals surface area contributed by atoms with Gasteiger partial charge in [-0.25, -0.2) is 0 Å². The number of benzene rings is 1. The smallest absolute Gasteiger partial charge is 0.317 e. The minimum Gasteiger partial charge on any atom is -0.481 e. The first-order chi connectivity index (χ1) is 13.2. The van der Waals surface area contributed by atoms with E-state index in [-0.39, 0.29) is 12.8 Å². The number of hydrogen-bond donors (Lipinski definition) is 4. The third kappa shape index (κ3) is 8.20. The van der Waals surface area contributed by atoms with Crippen LogP contribution < -0.4 is 0 Å². The van der Waals surface area contributed by atoms with E-state index in [4.69, 9.17) is 20.4 Å². The minimum absolute atomic E-state index is 0.108. The van der Waals surface area contributed by atoms with E-state index in [0.29, 0.717) is 25.7 Å². The second-order valence-corrected chi connectivity index (χ2v) is 6.77. The number of carboxylic acids is 4. The second-order valence-electron chi connectivity index (χ2n) is 6.77. The minimum atomic E-state index is -1.36. The Balaban J connectivity index is 2.32. The summed E-state index contributed by atoms with van der Waals surface area (Å²) in [7, 11) is 0. The summed E-state index contributed by atoms with van der Waals surface area (Å²) in [6.07, 6.45) is 4.09. The van der Waals surface area contributed by atoms with Crippen LogP contribution in [0.1, 0.15) is 49.7 Å². The number of aliphatic carboxylic acids is 4. The zero-order valence-corrected chi connectivity index (χ0v) is 15.5. The van der Waals surface area contributed by atoms with E-state index in [0.717, 1.165) is 24.0 Å². The molecule has 0 saturated carbocycles. The Labute approximate surface area is 162 Å². The van der Waals surface area contributed by atoms with E-state index < -0.39 is 35.7 Å². The predicted octanol–water partition coefficient (Wildman–Crippen LogP) is 2.68. The molecule has 0 amide bonds. The summed E-state index contributed by atoms with van der Waals surface area (Å²) in [4.78, 5) is 43.3. The van der Waals surface area contributed by atoms with E-state index in [1.807, 2.05) is 24.3 Å². The van der Waals surface area contributed by atoms with E-state index in [2.05, 4.69) is 0 Å². The molecule has 0 bridgehead atoms. The van der Waals surface area contributed by atoms with Gasteiger partial charge in [-0.2, -0.15) is 0 Å². The average molecular weight is 394 g/mol. The fourth-order valence-corrected chi connectivity index (χ4v) is 2.93. The second kappa shape index (κ2) is 11.7. The van der Waals surface area contributed by atoms with E-state index >= 15 is 0 Å². The fraction of sp³-hybridized carbons (Fsp3) is 0.500. The molecular formula is C20H26O8. The molecule has 0 saturated heterocycles. The van der Waals surface area contributed by atoms with Gasteiger partial charge in [0, 0.05) is 0 Å². The standard InChI is InChI=1S/C20H26O8/c21-17(22)15(18(23)24)7-3-1-5-13-9-11-14(12-10-13)6-2-4-8-16(19(25)26)20(27)28/h9-12,15-16H,1-8H2,(H,21,22)(H,23,24)(H,25,26)(H,27,28). The van der Waals surface area contributed by atoms with Crippen molar-refractivity contribution in [3.63, 3.8) is 0 Å². The third-order valence-corrected chi connectivity index (χ3v) is 4.63. The Hall–Kier alpha value is -2.90. The highest BCUT2D eigenvalue weighted by atomic mass is 16.4. The van der Waals surface area contributed by atoms with Crippen LogP contribution in [0.2, 0.25) is 0 Å². The summed E-state index contributed by atoms with van der Waals surface area (Å²) in [5.74, 6) is -7.96. The van der Waals surface area contributed by atoms with Gasteiger partial charge in [-0.05, 0) is 49.7 Å². The predicted molar refractivity (Wildman–Crippen MR) is 99.1 cm³/mol. The Kier molecular flexibility index (Phi) is 9.70. The molecule has 4 N–H and O–H groups in total. The highest BCUT2D eigenvalue weighted by molar-refractivity contribution is 5.93. The van der Waals surface area contributed by atoms with Crippen molar-refractivity contribution < 1.29 is 39.6 Å². The summed E-state index contributed by atoms with van der Waals surface area (Å²) >= 11 is 0. The Morgan fingerprint density at radius 1 is 0.571 bits per heavy atom. The van der Waals surface area contributed by atoms with Crippen molar-refractivity contribution in [1.82, 2.24) is 0 Å². The first-order valence-corrected chi connectivity index (χ1v) is 9.21. The number of carboxylic acid groups (broad SMARTS) is 4. The third-order valence-electron chi connectivity index (χ3n) is 4.63. The van der Waals surface area contributed by atoms with Gasteiger partial charge in [-0.1, -0.05) is 37.1 Å². The topological polar surface area (TPSA) is 149 Å². The molecular weight excluding hydrogens is 368 g/mol. The van der Waals surface area contributed by atoms with E-state index in [9.17, 15) is 19.2 Å². The van der Waals surface area contributed by atoms with Crippen LogP contribution in [0.15, 0.2) is 24.3 Å². The fourth-order valence-electron chi connectivity index (χ4n) is 2.93. The largest absolute Gasteiger partial charge is 0.481 e. The summed E-state index contributed by atoms with van der Waals surface area (Å²) in [5, 5.41) is 35.3. The number of rotatable bonds is 14. The summed E-state index contributed by atoms with van der Waals surface area (Å²) in [6, 6.07) is 7.83. The molecule has 8 nitrogen and oxygen atoms in total. The molecule has 0 atom stereocenters. The molecule has 28 heavy (non-hydrogen) atoms. The van der Waals surface area contributed by atoms with E-state index in [1.54, 1.807) is 0 Å². The Morgan fingerprint density at radius 2 is 0.857 bits per heavy atom. The van der Waals surface area contributed by atoms with Crippen molar-refractivity contribution in [2.45, 2.75) is 51.4 Å². The number of aryl methyl sites for hydroxylation is 2. The van der Waals surface area contributed by atoms with Crippen molar-refractivity contribution in [3.8, 4) is 0 Å². The monoisotopic (exact) mass is 394 g/mol. The van der Waals surface area contributed by atoms with Gasteiger partial charge in [-0.3, -0.25) is 19.2 Å². The summed E-state index contributed by atoms with van der Waals surface area (Å²) in [6.45, 7) is 0. The highest BCUT2D eigenvalue weighted by Crippen LogP contribution is 2.15. The van der Waals surface area contributed by atoms with E-state index in [1.165, 1.54) is 0 Å².